The van der Waals surface area contributed by atoms with Gasteiger partial charge >= 0.3 is 0 Å². The van der Waals surface area contributed by atoms with Crippen LogP contribution in [0.1, 0.15) is 50.6 Å². The monoisotopic (exact) mass is 343 g/mol. The number of carbonyl (C=O) groups is 2. The van der Waals surface area contributed by atoms with E-state index in [9.17, 15) is 9.59 Å². The van der Waals surface area contributed by atoms with Gasteiger partial charge in [0.2, 0.25) is 5.91 Å². The van der Waals surface area contributed by atoms with Crippen molar-refractivity contribution in [2.45, 2.75) is 46.2 Å². The van der Waals surface area contributed by atoms with Gasteiger partial charge in [-0.3, -0.25) is 9.59 Å². The van der Waals surface area contributed by atoms with Crippen LogP contribution in [0.5, 0.6) is 0 Å². The maximum atomic E-state index is 12.1. The Kier molecular flexibility index (Phi) is 6.26. The molecule has 0 bridgehead atoms. The molecule has 1 aromatic heterocycles. The summed E-state index contributed by atoms with van der Waals surface area (Å²) in [5.41, 5.74) is 0.594. The predicted octanol–water partition coefficient (Wildman–Crippen LogP) is 2.48. The zero-order valence-corrected chi connectivity index (χ0v) is 14.0. The summed E-state index contributed by atoms with van der Waals surface area (Å²) in [6.07, 6.45) is 2.17. The Morgan fingerprint density at radius 2 is 1.95 bits per heavy atom. The number of hydrogen-bond donors (Lipinski definition) is 2. The van der Waals surface area contributed by atoms with Gasteiger partial charge in [-0.15, -0.1) is 0 Å². The lowest BCUT2D eigenvalue weighted by molar-refractivity contribution is -0.121. The third-order valence-corrected chi connectivity index (χ3v) is 3.13. The van der Waals surface area contributed by atoms with Gasteiger partial charge in [0.05, 0.1) is 0 Å². The number of nitrogens with zero attached hydrogens (tertiary/aromatic N) is 1. The minimum absolute atomic E-state index is 0.0549. The molecule has 0 atom stereocenters. The van der Waals surface area contributed by atoms with Crippen molar-refractivity contribution in [3.8, 4) is 0 Å². The van der Waals surface area contributed by atoms with Gasteiger partial charge in [-0.2, -0.15) is 0 Å². The minimum Gasteiger partial charge on any atom is -0.354 e. The van der Waals surface area contributed by atoms with Crippen LogP contribution in [0.4, 0.5) is 0 Å². The van der Waals surface area contributed by atoms with Gasteiger partial charge in [-0.05, 0) is 49.7 Å². The Bertz CT molecular complexity index is 481. The number of amides is 2. The molecule has 0 saturated heterocycles. The summed E-state index contributed by atoms with van der Waals surface area (Å²) in [5, 5.41) is 5.56. The number of nitrogens with one attached hydrogen (secondary N) is 2. The Hall–Kier alpha value is -1.30. The Morgan fingerprint density at radius 1 is 1.30 bits per heavy atom. The first-order valence-electron chi connectivity index (χ1n) is 6.76. The molecule has 0 radical (unpaired) electrons. The fourth-order valence-corrected chi connectivity index (χ4v) is 2.27. The third kappa shape index (κ3) is 5.00. The summed E-state index contributed by atoms with van der Waals surface area (Å²) in [6, 6.07) is 2.10. The molecule has 1 heterocycles. The van der Waals surface area contributed by atoms with E-state index in [-0.39, 0.29) is 30.3 Å². The molecule has 0 fully saturated rings. The van der Waals surface area contributed by atoms with Gasteiger partial charge < -0.3 is 15.2 Å². The second-order valence-corrected chi connectivity index (χ2v) is 6.19. The van der Waals surface area contributed by atoms with Crippen molar-refractivity contribution in [2.24, 2.45) is 0 Å². The highest BCUT2D eigenvalue weighted by molar-refractivity contribution is 9.10. The second-order valence-electron chi connectivity index (χ2n) is 5.27. The van der Waals surface area contributed by atoms with E-state index in [1.165, 1.54) is 0 Å². The van der Waals surface area contributed by atoms with E-state index in [0.717, 1.165) is 4.47 Å². The number of hydrogen-bond acceptors (Lipinski definition) is 2. The van der Waals surface area contributed by atoms with E-state index in [1.807, 2.05) is 38.5 Å². The maximum absolute atomic E-state index is 12.1. The van der Waals surface area contributed by atoms with Crippen LogP contribution in [-0.4, -0.2) is 29.0 Å². The zero-order valence-electron chi connectivity index (χ0n) is 12.4. The molecule has 0 aromatic carbocycles. The molecule has 1 rings (SSSR count). The van der Waals surface area contributed by atoms with Crippen LogP contribution in [0.25, 0.3) is 0 Å². The van der Waals surface area contributed by atoms with E-state index < -0.39 is 0 Å². The summed E-state index contributed by atoms with van der Waals surface area (Å²) in [4.78, 5) is 23.6. The third-order valence-electron chi connectivity index (χ3n) is 2.69. The van der Waals surface area contributed by atoms with Crippen LogP contribution in [-0.2, 0) is 4.79 Å². The van der Waals surface area contributed by atoms with E-state index in [2.05, 4.69) is 26.6 Å². The van der Waals surface area contributed by atoms with E-state index >= 15 is 0 Å². The molecule has 0 spiro atoms. The molecule has 1 aromatic rings. The lowest BCUT2D eigenvalue weighted by atomic mass is 10.3. The highest BCUT2D eigenvalue weighted by Gasteiger charge is 2.15. The average Bonchev–Trinajstić information content (AvgIpc) is 2.70. The van der Waals surface area contributed by atoms with Gasteiger partial charge in [0, 0.05) is 35.7 Å². The van der Waals surface area contributed by atoms with Gasteiger partial charge in [-0.25, -0.2) is 0 Å². The predicted molar refractivity (Wildman–Crippen MR) is 82.7 cm³/mol. The van der Waals surface area contributed by atoms with Gasteiger partial charge in [0.15, 0.2) is 0 Å². The summed E-state index contributed by atoms with van der Waals surface area (Å²) in [7, 11) is 0. The van der Waals surface area contributed by atoms with Gasteiger partial charge in [0.25, 0.3) is 5.91 Å². The van der Waals surface area contributed by atoms with Crippen molar-refractivity contribution in [3.05, 3.63) is 22.4 Å². The SMILES string of the molecule is CC(C)NC(=O)CCNC(=O)c1cc(Br)cn1C(C)C. The maximum Gasteiger partial charge on any atom is 0.267 e. The summed E-state index contributed by atoms with van der Waals surface area (Å²) in [5.74, 6) is -0.220. The molecule has 0 unspecified atom stereocenters. The average molecular weight is 344 g/mol. The van der Waals surface area contributed by atoms with Crippen molar-refractivity contribution < 1.29 is 9.59 Å². The van der Waals surface area contributed by atoms with Crippen LogP contribution >= 0.6 is 15.9 Å². The van der Waals surface area contributed by atoms with Gasteiger partial charge in [0.1, 0.15) is 5.69 Å². The molecular formula is C14H22BrN3O2. The Labute approximate surface area is 128 Å². The normalized spacial score (nSPS) is 10.9. The summed E-state index contributed by atoms with van der Waals surface area (Å²) < 4.78 is 2.77. The summed E-state index contributed by atoms with van der Waals surface area (Å²) in [6.45, 7) is 8.17. The fraction of sp³-hybridized carbons (Fsp3) is 0.571. The van der Waals surface area contributed by atoms with Crippen LogP contribution in [0.15, 0.2) is 16.7 Å². The molecule has 0 saturated carbocycles. The second kappa shape index (κ2) is 7.47. The van der Waals surface area contributed by atoms with E-state index in [4.69, 9.17) is 0 Å². The quantitative estimate of drug-likeness (QED) is 0.833. The molecular weight excluding hydrogens is 322 g/mol. The van der Waals surface area contributed by atoms with Crippen molar-refractivity contribution in [1.29, 1.82) is 0 Å². The minimum atomic E-state index is -0.165. The van der Waals surface area contributed by atoms with Crippen molar-refractivity contribution >= 4 is 27.7 Å². The van der Waals surface area contributed by atoms with Crippen LogP contribution < -0.4 is 10.6 Å². The van der Waals surface area contributed by atoms with E-state index in [0.29, 0.717) is 12.2 Å². The molecule has 5 nitrogen and oxygen atoms in total. The Morgan fingerprint density at radius 3 is 2.50 bits per heavy atom. The molecule has 20 heavy (non-hydrogen) atoms. The molecule has 2 amide bonds. The zero-order chi connectivity index (χ0) is 15.3. The molecule has 6 heteroatoms. The molecule has 112 valence electrons. The highest BCUT2D eigenvalue weighted by atomic mass is 79.9. The fourth-order valence-electron chi connectivity index (χ4n) is 1.83. The number of rotatable bonds is 6. The summed E-state index contributed by atoms with van der Waals surface area (Å²) >= 11 is 3.37. The number of halogens is 1. The first kappa shape index (κ1) is 16.8. The van der Waals surface area contributed by atoms with Crippen LogP contribution in [0.3, 0.4) is 0 Å². The number of carbonyl (C=O) groups excluding carboxylic acids is 2. The topological polar surface area (TPSA) is 63.1 Å². The number of aromatic nitrogens is 1. The molecule has 0 aliphatic carbocycles. The molecule has 2 N–H and O–H groups in total. The lowest BCUT2D eigenvalue weighted by Gasteiger charge is -2.13. The van der Waals surface area contributed by atoms with Crippen molar-refractivity contribution in [3.63, 3.8) is 0 Å². The smallest absolute Gasteiger partial charge is 0.267 e. The van der Waals surface area contributed by atoms with Gasteiger partial charge in [-0.1, -0.05) is 0 Å². The standard InChI is InChI=1S/C14H22BrN3O2/c1-9(2)17-13(19)5-6-16-14(20)12-7-11(15)8-18(12)10(3)4/h7-10H,5-6H2,1-4H3,(H,16,20)(H,17,19). The molecule has 0 aliphatic rings. The van der Waals surface area contributed by atoms with Crippen molar-refractivity contribution in [1.82, 2.24) is 15.2 Å². The first-order valence-corrected chi connectivity index (χ1v) is 7.55. The first-order chi connectivity index (χ1) is 9.31. The largest absolute Gasteiger partial charge is 0.354 e. The lowest BCUT2D eigenvalue weighted by Crippen LogP contribution is -2.34. The van der Waals surface area contributed by atoms with E-state index in [1.54, 1.807) is 6.07 Å². The Balaban J connectivity index is 2.53. The van der Waals surface area contributed by atoms with Crippen LogP contribution in [0.2, 0.25) is 0 Å². The highest BCUT2D eigenvalue weighted by Crippen LogP contribution is 2.19. The molecule has 0 aliphatic heterocycles. The van der Waals surface area contributed by atoms with Crippen molar-refractivity contribution in [2.75, 3.05) is 6.54 Å². The van der Waals surface area contributed by atoms with Crippen LogP contribution in [0, 0.1) is 0 Å².